The topological polar surface area (TPSA) is 55.1 Å². The van der Waals surface area contributed by atoms with Gasteiger partial charge in [-0.1, -0.05) is 25.0 Å². The van der Waals surface area contributed by atoms with Crippen molar-refractivity contribution in [2.45, 2.75) is 49.7 Å². The molecule has 0 bridgehead atoms. The lowest BCUT2D eigenvalue weighted by molar-refractivity contribution is -0.117. The third kappa shape index (κ3) is 4.55. The van der Waals surface area contributed by atoms with Crippen LogP contribution >= 0.6 is 11.8 Å². The molecule has 104 valence electrons. The van der Waals surface area contributed by atoms with Crippen molar-refractivity contribution in [3.05, 3.63) is 29.8 Å². The summed E-state index contributed by atoms with van der Waals surface area (Å²) in [6.45, 7) is 1.69. The molecule has 1 atom stereocenters. The molecule has 0 saturated heterocycles. The number of hydrogen-bond acceptors (Lipinski definition) is 3. The number of nitrogens with one attached hydrogen (secondary N) is 1. The molecule has 1 fully saturated rings. The van der Waals surface area contributed by atoms with Crippen molar-refractivity contribution in [2.24, 2.45) is 5.73 Å². The van der Waals surface area contributed by atoms with Gasteiger partial charge in [-0.05, 0) is 37.5 Å². The molecule has 1 aliphatic carbocycles. The summed E-state index contributed by atoms with van der Waals surface area (Å²) in [6.07, 6.45) is 5.46. The molecule has 1 aromatic carbocycles. The maximum absolute atomic E-state index is 11.5. The number of thioether (sulfide) groups is 1. The van der Waals surface area contributed by atoms with Gasteiger partial charge in [0, 0.05) is 16.7 Å². The van der Waals surface area contributed by atoms with E-state index in [4.69, 9.17) is 5.73 Å². The molecule has 0 spiro atoms. The molecular formula is C15H22N2OS. The van der Waals surface area contributed by atoms with Gasteiger partial charge < -0.3 is 11.1 Å². The SMILES string of the molecule is C[C@H](N)C(=O)Nc1cccc(CSC2CCCC2)c1. The lowest BCUT2D eigenvalue weighted by atomic mass is 10.2. The van der Waals surface area contributed by atoms with Crippen LogP contribution in [0.25, 0.3) is 0 Å². The maximum atomic E-state index is 11.5. The molecule has 0 radical (unpaired) electrons. The summed E-state index contributed by atoms with van der Waals surface area (Å²) in [7, 11) is 0. The Bertz CT molecular complexity index is 428. The molecule has 1 aliphatic rings. The van der Waals surface area contributed by atoms with E-state index in [-0.39, 0.29) is 5.91 Å². The molecule has 0 aliphatic heterocycles. The third-order valence-electron chi connectivity index (χ3n) is 3.40. The number of rotatable bonds is 5. The van der Waals surface area contributed by atoms with E-state index in [9.17, 15) is 4.79 Å². The van der Waals surface area contributed by atoms with Crippen molar-refractivity contribution in [3.63, 3.8) is 0 Å². The van der Waals surface area contributed by atoms with Crippen LogP contribution in [-0.4, -0.2) is 17.2 Å². The van der Waals surface area contributed by atoms with Crippen molar-refractivity contribution in [2.75, 3.05) is 5.32 Å². The number of carbonyl (C=O) groups is 1. The van der Waals surface area contributed by atoms with Crippen LogP contribution < -0.4 is 11.1 Å². The Morgan fingerprint density at radius 3 is 2.89 bits per heavy atom. The zero-order valence-electron chi connectivity index (χ0n) is 11.4. The number of nitrogens with two attached hydrogens (primary N) is 1. The Morgan fingerprint density at radius 1 is 1.47 bits per heavy atom. The van der Waals surface area contributed by atoms with Crippen molar-refractivity contribution in [1.82, 2.24) is 0 Å². The Morgan fingerprint density at radius 2 is 2.21 bits per heavy atom. The minimum absolute atomic E-state index is 0.138. The molecule has 0 heterocycles. The molecule has 2 rings (SSSR count). The molecular weight excluding hydrogens is 256 g/mol. The molecule has 3 N–H and O–H groups in total. The molecule has 1 saturated carbocycles. The Balaban J connectivity index is 1.89. The largest absolute Gasteiger partial charge is 0.325 e. The van der Waals surface area contributed by atoms with Crippen molar-refractivity contribution < 1.29 is 4.79 Å². The Kier molecular flexibility index (Phi) is 5.28. The van der Waals surface area contributed by atoms with Gasteiger partial charge in [0.05, 0.1) is 6.04 Å². The van der Waals surface area contributed by atoms with E-state index < -0.39 is 6.04 Å². The monoisotopic (exact) mass is 278 g/mol. The fraction of sp³-hybridized carbons (Fsp3) is 0.533. The van der Waals surface area contributed by atoms with E-state index in [0.29, 0.717) is 0 Å². The van der Waals surface area contributed by atoms with E-state index in [2.05, 4.69) is 11.4 Å². The van der Waals surface area contributed by atoms with Crippen LogP contribution in [0.2, 0.25) is 0 Å². The quantitative estimate of drug-likeness (QED) is 0.870. The summed E-state index contributed by atoms with van der Waals surface area (Å²) >= 11 is 2.03. The van der Waals surface area contributed by atoms with Crippen LogP contribution in [0.1, 0.15) is 38.2 Å². The first-order valence-electron chi connectivity index (χ1n) is 6.92. The van der Waals surface area contributed by atoms with Gasteiger partial charge in [-0.15, -0.1) is 0 Å². The first-order chi connectivity index (χ1) is 9.15. The van der Waals surface area contributed by atoms with Gasteiger partial charge in [0.15, 0.2) is 0 Å². The number of amides is 1. The van der Waals surface area contributed by atoms with E-state index in [1.54, 1.807) is 6.92 Å². The van der Waals surface area contributed by atoms with E-state index in [1.165, 1.54) is 31.2 Å². The molecule has 1 amide bonds. The molecule has 4 heteroatoms. The highest BCUT2D eigenvalue weighted by Gasteiger charge is 2.15. The van der Waals surface area contributed by atoms with Gasteiger partial charge in [-0.3, -0.25) is 4.79 Å². The second-order valence-electron chi connectivity index (χ2n) is 5.20. The molecule has 0 unspecified atom stereocenters. The molecule has 3 nitrogen and oxygen atoms in total. The van der Waals surface area contributed by atoms with Gasteiger partial charge in [0.25, 0.3) is 0 Å². The highest BCUT2D eigenvalue weighted by molar-refractivity contribution is 7.99. The Labute approximate surface area is 119 Å². The lowest BCUT2D eigenvalue weighted by Gasteiger charge is -2.11. The van der Waals surface area contributed by atoms with Crippen molar-refractivity contribution >= 4 is 23.4 Å². The predicted octanol–water partition coefficient (Wildman–Crippen LogP) is 3.15. The zero-order chi connectivity index (χ0) is 13.7. The van der Waals surface area contributed by atoms with E-state index >= 15 is 0 Å². The normalized spacial score (nSPS) is 17.4. The second kappa shape index (κ2) is 6.96. The summed E-state index contributed by atoms with van der Waals surface area (Å²) < 4.78 is 0. The van der Waals surface area contributed by atoms with Crippen LogP contribution in [0.4, 0.5) is 5.69 Å². The summed E-state index contributed by atoms with van der Waals surface area (Å²) in [6, 6.07) is 7.58. The summed E-state index contributed by atoms with van der Waals surface area (Å²) in [5.74, 6) is 0.882. The standard InChI is InChI=1S/C15H22N2OS/c1-11(16)15(18)17-13-6-4-5-12(9-13)10-19-14-7-2-3-8-14/h4-6,9,11,14H,2-3,7-8,10,16H2,1H3,(H,17,18)/t11-/m0/s1. The summed E-state index contributed by atoms with van der Waals surface area (Å²) in [4.78, 5) is 11.5. The van der Waals surface area contributed by atoms with Gasteiger partial charge in [0.2, 0.25) is 5.91 Å². The highest BCUT2D eigenvalue weighted by Crippen LogP contribution is 2.31. The fourth-order valence-corrected chi connectivity index (χ4v) is 3.54. The number of carbonyl (C=O) groups excluding carboxylic acids is 1. The minimum atomic E-state index is -0.475. The summed E-state index contributed by atoms with van der Waals surface area (Å²) in [5, 5.41) is 3.66. The van der Waals surface area contributed by atoms with Crippen LogP contribution in [0.5, 0.6) is 0 Å². The van der Waals surface area contributed by atoms with E-state index in [0.717, 1.165) is 16.7 Å². The second-order valence-corrected chi connectivity index (χ2v) is 6.48. The van der Waals surface area contributed by atoms with E-state index in [1.807, 2.05) is 30.0 Å². The average Bonchev–Trinajstić information content (AvgIpc) is 2.90. The smallest absolute Gasteiger partial charge is 0.240 e. The van der Waals surface area contributed by atoms with Crippen LogP contribution in [-0.2, 0) is 10.5 Å². The summed E-state index contributed by atoms with van der Waals surface area (Å²) in [5.41, 5.74) is 7.65. The van der Waals surface area contributed by atoms with Crippen LogP contribution in [0.3, 0.4) is 0 Å². The number of anilines is 1. The molecule has 0 aromatic heterocycles. The third-order valence-corrected chi connectivity index (χ3v) is 4.84. The van der Waals surface area contributed by atoms with Crippen molar-refractivity contribution in [3.8, 4) is 0 Å². The number of hydrogen-bond donors (Lipinski definition) is 2. The van der Waals surface area contributed by atoms with Crippen LogP contribution in [0, 0.1) is 0 Å². The Hall–Kier alpha value is -1.00. The number of benzene rings is 1. The van der Waals surface area contributed by atoms with Gasteiger partial charge in [-0.2, -0.15) is 11.8 Å². The van der Waals surface area contributed by atoms with Crippen molar-refractivity contribution in [1.29, 1.82) is 0 Å². The van der Waals surface area contributed by atoms with Crippen LogP contribution in [0.15, 0.2) is 24.3 Å². The van der Waals surface area contributed by atoms with Gasteiger partial charge in [-0.25, -0.2) is 0 Å². The maximum Gasteiger partial charge on any atom is 0.240 e. The molecule has 19 heavy (non-hydrogen) atoms. The average molecular weight is 278 g/mol. The van der Waals surface area contributed by atoms with Gasteiger partial charge >= 0.3 is 0 Å². The first-order valence-corrected chi connectivity index (χ1v) is 7.97. The predicted molar refractivity (Wildman–Crippen MR) is 82.3 cm³/mol. The lowest BCUT2D eigenvalue weighted by Crippen LogP contribution is -2.32. The minimum Gasteiger partial charge on any atom is -0.325 e. The zero-order valence-corrected chi connectivity index (χ0v) is 12.2. The highest BCUT2D eigenvalue weighted by atomic mass is 32.2. The first kappa shape index (κ1) is 14.4. The molecule has 1 aromatic rings. The van der Waals surface area contributed by atoms with Gasteiger partial charge in [0.1, 0.15) is 0 Å². The fourth-order valence-electron chi connectivity index (χ4n) is 2.26.